The fourth-order valence-corrected chi connectivity index (χ4v) is 3.05. The van der Waals surface area contributed by atoms with Gasteiger partial charge in [0.1, 0.15) is 17.4 Å². The van der Waals surface area contributed by atoms with Gasteiger partial charge in [-0.15, -0.1) is 0 Å². The number of hydrogen-bond donors (Lipinski definition) is 2. The number of amides is 2. The largest absolute Gasteiger partial charge is 0.476 e. The molecular formula is C24H30F2N2O4. The molecule has 0 aliphatic carbocycles. The summed E-state index contributed by atoms with van der Waals surface area (Å²) in [6.07, 6.45) is 0. The molecule has 32 heavy (non-hydrogen) atoms. The van der Waals surface area contributed by atoms with Gasteiger partial charge < -0.3 is 20.1 Å². The summed E-state index contributed by atoms with van der Waals surface area (Å²) in [5, 5.41) is 5.25. The van der Waals surface area contributed by atoms with E-state index in [9.17, 15) is 18.4 Å². The van der Waals surface area contributed by atoms with Crippen LogP contribution in [0.1, 0.15) is 53.1 Å². The number of benzene rings is 2. The van der Waals surface area contributed by atoms with E-state index in [2.05, 4.69) is 10.6 Å². The Morgan fingerprint density at radius 1 is 1.00 bits per heavy atom. The van der Waals surface area contributed by atoms with Gasteiger partial charge in [0.05, 0.1) is 18.3 Å². The number of ether oxygens (including phenoxy) is 2. The van der Waals surface area contributed by atoms with E-state index in [0.29, 0.717) is 11.8 Å². The second-order valence-electron chi connectivity index (χ2n) is 8.92. The van der Waals surface area contributed by atoms with Crippen molar-refractivity contribution in [2.75, 3.05) is 11.9 Å². The summed E-state index contributed by atoms with van der Waals surface area (Å²) in [4.78, 5) is 24.6. The van der Waals surface area contributed by atoms with Crippen molar-refractivity contribution in [3.05, 3.63) is 59.7 Å². The molecule has 0 heterocycles. The highest BCUT2D eigenvalue weighted by atomic mass is 19.1. The van der Waals surface area contributed by atoms with Gasteiger partial charge >= 0.3 is 12.0 Å². The molecule has 1 unspecified atom stereocenters. The van der Waals surface area contributed by atoms with E-state index < -0.39 is 35.3 Å². The van der Waals surface area contributed by atoms with Crippen molar-refractivity contribution >= 4 is 17.7 Å². The van der Waals surface area contributed by atoms with Crippen LogP contribution in [0.2, 0.25) is 0 Å². The molecule has 2 rings (SSSR count). The number of esters is 1. The highest BCUT2D eigenvalue weighted by Crippen LogP contribution is 2.34. The third-order valence-electron chi connectivity index (χ3n) is 4.67. The third kappa shape index (κ3) is 6.67. The SMILES string of the molecule is CCOC(=O)C(C)(C)Oc1ccc(C(NC(=O)Nc2ccc(F)cc2F)C(C)(C)C)cc1. The number of urea groups is 1. The first-order valence-corrected chi connectivity index (χ1v) is 10.3. The first kappa shape index (κ1) is 25.1. The van der Waals surface area contributed by atoms with Crippen molar-refractivity contribution in [3.63, 3.8) is 0 Å². The zero-order valence-electron chi connectivity index (χ0n) is 19.2. The lowest BCUT2D eigenvalue weighted by atomic mass is 9.82. The van der Waals surface area contributed by atoms with E-state index in [1.807, 2.05) is 20.8 Å². The maximum absolute atomic E-state index is 13.9. The molecule has 0 saturated heterocycles. The molecular weight excluding hydrogens is 418 g/mol. The fourth-order valence-electron chi connectivity index (χ4n) is 3.05. The number of carbonyl (C=O) groups is 2. The van der Waals surface area contributed by atoms with E-state index >= 15 is 0 Å². The van der Waals surface area contributed by atoms with Gasteiger partial charge in [0.2, 0.25) is 0 Å². The molecule has 6 nitrogen and oxygen atoms in total. The molecule has 8 heteroatoms. The zero-order valence-corrected chi connectivity index (χ0v) is 19.2. The summed E-state index contributed by atoms with van der Waals surface area (Å²) in [5.41, 5.74) is -0.876. The second kappa shape index (κ2) is 9.97. The number of halogens is 2. The summed E-state index contributed by atoms with van der Waals surface area (Å²) in [5.74, 6) is -1.59. The van der Waals surface area contributed by atoms with E-state index in [1.54, 1.807) is 45.0 Å². The third-order valence-corrected chi connectivity index (χ3v) is 4.67. The quantitative estimate of drug-likeness (QED) is 0.541. The van der Waals surface area contributed by atoms with Crippen LogP contribution in [-0.4, -0.2) is 24.2 Å². The van der Waals surface area contributed by atoms with Crippen LogP contribution in [0.4, 0.5) is 19.3 Å². The first-order valence-electron chi connectivity index (χ1n) is 10.3. The van der Waals surface area contributed by atoms with Gasteiger partial charge in [-0.25, -0.2) is 18.4 Å². The molecule has 0 fully saturated rings. The van der Waals surface area contributed by atoms with Crippen molar-refractivity contribution in [3.8, 4) is 5.75 Å². The Hall–Kier alpha value is -3.16. The normalized spacial score (nSPS) is 12.6. The van der Waals surface area contributed by atoms with Crippen molar-refractivity contribution in [2.45, 2.75) is 53.2 Å². The number of rotatable bonds is 7. The van der Waals surface area contributed by atoms with Crippen molar-refractivity contribution in [2.24, 2.45) is 5.41 Å². The lowest BCUT2D eigenvalue weighted by molar-refractivity contribution is -0.158. The van der Waals surface area contributed by atoms with Gasteiger partial charge in [0, 0.05) is 6.07 Å². The average molecular weight is 449 g/mol. The molecule has 2 amide bonds. The van der Waals surface area contributed by atoms with Crippen molar-refractivity contribution in [1.82, 2.24) is 5.32 Å². The van der Waals surface area contributed by atoms with Crippen LogP contribution in [0.15, 0.2) is 42.5 Å². The molecule has 2 aromatic carbocycles. The monoisotopic (exact) mass is 448 g/mol. The predicted octanol–water partition coefficient (Wildman–Crippen LogP) is 5.59. The van der Waals surface area contributed by atoms with Crippen LogP contribution >= 0.6 is 0 Å². The van der Waals surface area contributed by atoms with Crippen LogP contribution in [0.3, 0.4) is 0 Å². The van der Waals surface area contributed by atoms with Gasteiger partial charge in [-0.1, -0.05) is 32.9 Å². The molecule has 1 atom stereocenters. The van der Waals surface area contributed by atoms with E-state index in [0.717, 1.165) is 17.7 Å². The average Bonchev–Trinajstić information content (AvgIpc) is 2.68. The summed E-state index contributed by atoms with van der Waals surface area (Å²) in [6.45, 7) is 11.1. The Kier molecular flexibility index (Phi) is 7.83. The Bertz CT molecular complexity index is 953. The maximum Gasteiger partial charge on any atom is 0.349 e. The smallest absolute Gasteiger partial charge is 0.349 e. The van der Waals surface area contributed by atoms with Gasteiger partial charge in [0.25, 0.3) is 0 Å². The Balaban J connectivity index is 2.15. The van der Waals surface area contributed by atoms with Crippen LogP contribution in [-0.2, 0) is 9.53 Å². The highest BCUT2D eigenvalue weighted by molar-refractivity contribution is 5.89. The summed E-state index contributed by atoms with van der Waals surface area (Å²) in [6, 6.07) is 8.84. The fraction of sp³-hybridized carbons (Fsp3) is 0.417. The Labute approximate surface area is 187 Å². The summed E-state index contributed by atoms with van der Waals surface area (Å²) < 4.78 is 37.7. The molecule has 2 aromatic rings. The van der Waals surface area contributed by atoms with Crippen LogP contribution in [0.25, 0.3) is 0 Å². The lowest BCUT2D eigenvalue weighted by Crippen LogP contribution is -2.40. The van der Waals surface area contributed by atoms with E-state index in [-0.39, 0.29) is 17.7 Å². The van der Waals surface area contributed by atoms with Crippen LogP contribution in [0, 0.1) is 17.0 Å². The number of anilines is 1. The molecule has 0 bridgehead atoms. The standard InChI is InChI=1S/C24H30F2N2O4/c1-7-31-21(29)24(5,6)32-17-11-8-15(9-12-17)20(23(2,3)4)28-22(30)27-19-13-10-16(25)14-18(19)26/h8-14,20H,7H2,1-6H3,(H2,27,28,30). The van der Waals surface area contributed by atoms with Crippen LogP contribution in [0.5, 0.6) is 5.75 Å². The number of hydrogen-bond acceptors (Lipinski definition) is 4. The number of carbonyl (C=O) groups excluding carboxylic acids is 2. The first-order chi connectivity index (χ1) is 14.8. The lowest BCUT2D eigenvalue weighted by Gasteiger charge is -2.32. The van der Waals surface area contributed by atoms with Crippen LogP contribution < -0.4 is 15.4 Å². The summed E-state index contributed by atoms with van der Waals surface area (Å²) in [7, 11) is 0. The van der Waals surface area contributed by atoms with Gasteiger partial charge in [0.15, 0.2) is 5.60 Å². The molecule has 2 N–H and O–H groups in total. The molecule has 0 aliphatic heterocycles. The summed E-state index contributed by atoms with van der Waals surface area (Å²) >= 11 is 0. The van der Waals surface area contributed by atoms with E-state index in [1.165, 1.54) is 0 Å². The molecule has 0 radical (unpaired) electrons. The minimum Gasteiger partial charge on any atom is -0.476 e. The maximum atomic E-state index is 13.9. The zero-order chi connectivity index (χ0) is 24.1. The van der Waals surface area contributed by atoms with Gasteiger partial charge in [-0.2, -0.15) is 0 Å². The topological polar surface area (TPSA) is 76.7 Å². The Morgan fingerprint density at radius 3 is 2.16 bits per heavy atom. The minimum absolute atomic E-state index is 0.124. The number of nitrogens with one attached hydrogen (secondary N) is 2. The van der Waals surface area contributed by atoms with Gasteiger partial charge in [-0.05, 0) is 56.0 Å². The highest BCUT2D eigenvalue weighted by Gasteiger charge is 2.32. The molecule has 0 aliphatic rings. The second-order valence-corrected chi connectivity index (χ2v) is 8.92. The van der Waals surface area contributed by atoms with Gasteiger partial charge in [-0.3, -0.25) is 0 Å². The molecule has 0 spiro atoms. The minimum atomic E-state index is -1.15. The predicted molar refractivity (Wildman–Crippen MR) is 118 cm³/mol. The Morgan fingerprint density at radius 2 is 1.62 bits per heavy atom. The van der Waals surface area contributed by atoms with E-state index in [4.69, 9.17) is 9.47 Å². The molecule has 174 valence electrons. The molecule has 0 aromatic heterocycles. The van der Waals surface area contributed by atoms with Crippen molar-refractivity contribution in [1.29, 1.82) is 0 Å². The van der Waals surface area contributed by atoms with Crippen molar-refractivity contribution < 1.29 is 27.8 Å². The molecule has 0 saturated carbocycles.